The highest BCUT2D eigenvalue weighted by molar-refractivity contribution is 4.73. The molecular formula is C12H27NO4. The number of hydrogen-bond acceptors (Lipinski definition) is 5. The molecule has 5 nitrogen and oxygen atoms in total. The van der Waals surface area contributed by atoms with Crippen molar-refractivity contribution < 1.29 is 19.7 Å². The number of aliphatic hydroxyl groups is 2. The smallest absolute Gasteiger partial charge is 0.158 e. The third kappa shape index (κ3) is 6.33. The van der Waals surface area contributed by atoms with Crippen LogP contribution in [0.2, 0.25) is 0 Å². The molecule has 0 radical (unpaired) electrons. The Bertz CT molecular complexity index is 189. The summed E-state index contributed by atoms with van der Waals surface area (Å²) in [6.45, 7) is 6.17. The molecule has 0 aliphatic carbocycles. The zero-order chi connectivity index (χ0) is 13.4. The van der Waals surface area contributed by atoms with Crippen LogP contribution in [-0.2, 0) is 9.47 Å². The van der Waals surface area contributed by atoms with Crippen molar-refractivity contribution in [2.75, 3.05) is 13.7 Å². The van der Waals surface area contributed by atoms with E-state index in [1.807, 2.05) is 13.8 Å². The van der Waals surface area contributed by atoms with Crippen molar-refractivity contribution in [2.45, 2.75) is 58.2 Å². The molecule has 0 aromatic carbocycles. The number of rotatable bonds is 5. The van der Waals surface area contributed by atoms with Gasteiger partial charge in [0.1, 0.15) is 0 Å². The second-order valence-corrected chi connectivity index (χ2v) is 4.55. The van der Waals surface area contributed by atoms with E-state index in [9.17, 15) is 5.11 Å². The van der Waals surface area contributed by atoms with Crippen molar-refractivity contribution in [3.05, 3.63) is 0 Å². The molecule has 5 unspecified atom stereocenters. The summed E-state index contributed by atoms with van der Waals surface area (Å²) in [5, 5.41) is 16.4. The molecule has 1 fully saturated rings. The average Bonchev–Trinajstić information content (AvgIpc) is 2.73. The van der Waals surface area contributed by atoms with E-state index in [1.165, 1.54) is 0 Å². The third-order valence-electron chi connectivity index (χ3n) is 3.10. The lowest BCUT2D eigenvalue weighted by atomic mass is 9.98. The van der Waals surface area contributed by atoms with Crippen molar-refractivity contribution in [1.29, 1.82) is 0 Å². The van der Waals surface area contributed by atoms with E-state index in [4.69, 9.17) is 20.3 Å². The molecule has 1 heterocycles. The number of aliphatic hydroxyl groups excluding tert-OH is 2. The molecule has 0 bridgehead atoms. The van der Waals surface area contributed by atoms with Gasteiger partial charge in [-0.25, -0.2) is 0 Å². The Morgan fingerprint density at radius 3 is 2.35 bits per heavy atom. The zero-order valence-corrected chi connectivity index (χ0v) is 11.3. The molecule has 4 N–H and O–H groups in total. The van der Waals surface area contributed by atoms with Crippen LogP contribution in [0.3, 0.4) is 0 Å². The lowest BCUT2D eigenvalue weighted by molar-refractivity contribution is -0.136. The lowest BCUT2D eigenvalue weighted by Crippen LogP contribution is -2.39. The van der Waals surface area contributed by atoms with Gasteiger partial charge in [-0.3, -0.25) is 0 Å². The van der Waals surface area contributed by atoms with Crippen molar-refractivity contribution >= 4 is 0 Å². The highest BCUT2D eigenvalue weighted by Gasteiger charge is 2.24. The molecular weight excluding hydrogens is 222 g/mol. The van der Waals surface area contributed by atoms with Gasteiger partial charge in [-0.2, -0.15) is 0 Å². The molecule has 0 aromatic rings. The summed E-state index contributed by atoms with van der Waals surface area (Å²) in [5.41, 5.74) is 5.89. The van der Waals surface area contributed by atoms with Crippen LogP contribution < -0.4 is 5.73 Å². The van der Waals surface area contributed by atoms with Crippen LogP contribution in [0.25, 0.3) is 0 Å². The summed E-state index contributed by atoms with van der Waals surface area (Å²) in [7, 11) is 1.00. The molecule has 0 amide bonds. The molecule has 5 heteroatoms. The van der Waals surface area contributed by atoms with Crippen molar-refractivity contribution in [3.63, 3.8) is 0 Å². The first-order valence-corrected chi connectivity index (χ1v) is 6.16. The van der Waals surface area contributed by atoms with Gasteiger partial charge in [0.05, 0.1) is 18.8 Å². The van der Waals surface area contributed by atoms with E-state index in [2.05, 4.69) is 0 Å². The summed E-state index contributed by atoms with van der Waals surface area (Å²) in [6, 6.07) is -0.135. The predicted octanol–water partition coefficient (Wildman–Crippen LogP) is 0.481. The first kappa shape index (κ1) is 16.8. The Kier molecular flexibility index (Phi) is 8.72. The van der Waals surface area contributed by atoms with Crippen LogP contribution in [0.5, 0.6) is 0 Å². The van der Waals surface area contributed by atoms with Crippen LogP contribution in [0.4, 0.5) is 0 Å². The van der Waals surface area contributed by atoms with Crippen LogP contribution in [0.1, 0.15) is 33.6 Å². The fourth-order valence-electron chi connectivity index (χ4n) is 1.62. The SMILES string of the molecule is CC1CCC(OCC(N)C(C)C(C)O)O1.CO. The fourth-order valence-corrected chi connectivity index (χ4v) is 1.62. The third-order valence-corrected chi connectivity index (χ3v) is 3.10. The molecule has 0 spiro atoms. The molecule has 17 heavy (non-hydrogen) atoms. The fraction of sp³-hybridized carbons (Fsp3) is 1.00. The van der Waals surface area contributed by atoms with Crippen LogP contribution in [0.15, 0.2) is 0 Å². The number of nitrogens with two attached hydrogens (primary N) is 1. The van der Waals surface area contributed by atoms with E-state index in [0.717, 1.165) is 20.0 Å². The minimum Gasteiger partial charge on any atom is -0.400 e. The molecule has 1 aliphatic heterocycles. The molecule has 1 saturated heterocycles. The van der Waals surface area contributed by atoms with Gasteiger partial charge in [-0.15, -0.1) is 0 Å². The predicted molar refractivity (Wildman–Crippen MR) is 66.5 cm³/mol. The standard InChI is InChI=1S/C11H23NO3.CH4O/c1-7-4-5-11(15-7)14-6-10(12)8(2)9(3)13;1-2/h7-11,13H,4-6,12H2,1-3H3;2H,1H3. The molecule has 0 saturated carbocycles. The maximum absolute atomic E-state index is 9.36. The van der Waals surface area contributed by atoms with Gasteiger partial charge in [0.15, 0.2) is 6.29 Å². The Morgan fingerprint density at radius 2 is 1.94 bits per heavy atom. The molecule has 0 aromatic heterocycles. The zero-order valence-electron chi connectivity index (χ0n) is 11.3. The van der Waals surface area contributed by atoms with E-state index >= 15 is 0 Å². The van der Waals surface area contributed by atoms with Crippen LogP contribution in [-0.4, -0.2) is 48.5 Å². The van der Waals surface area contributed by atoms with E-state index in [-0.39, 0.29) is 18.2 Å². The van der Waals surface area contributed by atoms with Gasteiger partial charge in [-0.1, -0.05) is 6.92 Å². The quantitative estimate of drug-likeness (QED) is 0.660. The number of hydrogen-bond donors (Lipinski definition) is 3. The van der Waals surface area contributed by atoms with Gasteiger partial charge in [-0.05, 0) is 26.2 Å². The Hall–Kier alpha value is -0.200. The van der Waals surface area contributed by atoms with E-state index in [0.29, 0.717) is 12.7 Å². The molecule has 1 aliphatic rings. The lowest BCUT2D eigenvalue weighted by Gasteiger charge is -2.23. The maximum atomic E-state index is 9.36. The molecule has 5 atom stereocenters. The summed E-state index contributed by atoms with van der Waals surface area (Å²) in [6.07, 6.45) is 1.78. The first-order chi connectivity index (χ1) is 8.00. The van der Waals surface area contributed by atoms with Crippen molar-refractivity contribution in [1.82, 2.24) is 0 Å². The minimum atomic E-state index is -0.396. The second-order valence-electron chi connectivity index (χ2n) is 4.55. The highest BCUT2D eigenvalue weighted by Crippen LogP contribution is 2.20. The van der Waals surface area contributed by atoms with Gasteiger partial charge in [0, 0.05) is 19.6 Å². The first-order valence-electron chi connectivity index (χ1n) is 6.16. The summed E-state index contributed by atoms with van der Waals surface area (Å²) < 4.78 is 11.1. The van der Waals surface area contributed by atoms with Crippen molar-refractivity contribution in [3.8, 4) is 0 Å². The Labute approximate surface area is 104 Å². The summed E-state index contributed by atoms with van der Waals surface area (Å²) in [4.78, 5) is 0. The average molecular weight is 249 g/mol. The number of ether oxygens (including phenoxy) is 2. The van der Waals surface area contributed by atoms with Gasteiger partial charge >= 0.3 is 0 Å². The normalized spacial score (nSPS) is 29.1. The highest BCUT2D eigenvalue weighted by atomic mass is 16.7. The van der Waals surface area contributed by atoms with E-state index in [1.54, 1.807) is 6.92 Å². The maximum Gasteiger partial charge on any atom is 0.158 e. The Morgan fingerprint density at radius 1 is 1.35 bits per heavy atom. The summed E-state index contributed by atoms with van der Waals surface area (Å²) >= 11 is 0. The van der Waals surface area contributed by atoms with Crippen LogP contribution in [0, 0.1) is 5.92 Å². The largest absolute Gasteiger partial charge is 0.400 e. The van der Waals surface area contributed by atoms with Crippen LogP contribution >= 0.6 is 0 Å². The minimum absolute atomic E-state index is 0.0452. The van der Waals surface area contributed by atoms with Crippen molar-refractivity contribution in [2.24, 2.45) is 11.7 Å². The topological polar surface area (TPSA) is 84.9 Å². The molecule has 1 rings (SSSR count). The Balaban J connectivity index is 0.00000121. The molecule has 104 valence electrons. The monoisotopic (exact) mass is 249 g/mol. The summed E-state index contributed by atoms with van der Waals surface area (Å²) in [5.74, 6) is 0.0452. The van der Waals surface area contributed by atoms with Gasteiger partial charge in [0.25, 0.3) is 0 Å². The van der Waals surface area contributed by atoms with Gasteiger partial charge in [0.2, 0.25) is 0 Å². The van der Waals surface area contributed by atoms with E-state index < -0.39 is 6.10 Å². The second kappa shape index (κ2) is 8.83. The van der Waals surface area contributed by atoms with Gasteiger partial charge < -0.3 is 25.4 Å².